The highest BCUT2D eigenvalue weighted by atomic mass is 16.5. The minimum atomic E-state index is -0.751. The Morgan fingerprint density at radius 3 is 2.25 bits per heavy atom. The van der Waals surface area contributed by atoms with Crippen molar-refractivity contribution in [3.63, 3.8) is 0 Å². The van der Waals surface area contributed by atoms with Crippen molar-refractivity contribution in [2.24, 2.45) is 11.1 Å². The second-order valence-corrected chi connectivity index (χ2v) is 5.17. The normalized spacial score (nSPS) is 29.0. The molecule has 0 amide bonds. The molecule has 1 saturated carbocycles. The number of hydrogen-bond donors (Lipinski definition) is 2. The van der Waals surface area contributed by atoms with Gasteiger partial charge in [-0.15, -0.1) is 0 Å². The first kappa shape index (κ1) is 12.0. The third-order valence-electron chi connectivity index (χ3n) is 4.46. The van der Waals surface area contributed by atoms with E-state index in [-0.39, 0.29) is 11.2 Å². The van der Waals surface area contributed by atoms with Crippen LogP contribution in [0.15, 0.2) is 0 Å². The molecule has 0 aromatic rings. The largest absolute Gasteiger partial charge is 0.389 e. The molecule has 1 aliphatic heterocycles. The third kappa shape index (κ3) is 1.90. The maximum absolute atomic E-state index is 11.3. The van der Waals surface area contributed by atoms with Gasteiger partial charge >= 0.3 is 0 Å². The first-order valence-corrected chi connectivity index (χ1v) is 6.14. The highest BCUT2D eigenvalue weighted by Gasteiger charge is 2.51. The lowest BCUT2D eigenvalue weighted by Crippen LogP contribution is -2.56. The van der Waals surface area contributed by atoms with Crippen LogP contribution in [-0.2, 0) is 9.53 Å². The molecule has 0 unspecified atom stereocenters. The molecule has 2 aliphatic rings. The van der Waals surface area contributed by atoms with Gasteiger partial charge in [0.2, 0.25) is 0 Å². The zero-order valence-electron chi connectivity index (χ0n) is 9.71. The summed E-state index contributed by atoms with van der Waals surface area (Å²) in [6.45, 7) is 1.84. The minimum absolute atomic E-state index is 0.230. The van der Waals surface area contributed by atoms with E-state index < -0.39 is 5.60 Å². The second-order valence-electron chi connectivity index (χ2n) is 5.17. The fourth-order valence-electron chi connectivity index (χ4n) is 3.09. The van der Waals surface area contributed by atoms with E-state index in [0.29, 0.717) is 45.4 Å². The zero-order chi connectivity index (χ0) is 11.6. The van der Waals surface area contributed by atoms with Gasteiger partial charge in [0.25, 0.3) is 0 Å². The van der Waals surface area contributed by atoms with Crippen LogP contribution in [0.1, 0.15) is 38.5 Å². The number of rotatable bonds is 2. The summed E-state index contributed by atoms with van der Waals surface area (Å²) in [5.41, 5.74) is 4.91. The highest BCUT2D eigenvalue weighted by molar-refractivity contribution is 5.79. The number of carbonyl (C=O) groups excluding carboxylic acids is 1. The van der Waals surface area contributed by atoms with Crippen molar-refractivity contribution in [2.75, 3.05) is 19.8 Å². The van der Waals surface area contributed by atoms with Crippen LogP contribution in [-0.4, -0.2) is 36.2 Å². The van der Waals surface area contributed by atoms with Gasteiger partial charge in [0.05, 0.1) is 5.60 Å². The fourth-order valence-corrected chi connectivity index (χ4v) is 3.09. The molecule has 16 heavy (non-hydrogen) atoms. The predicted molar refractivity (Wildman–Crippen MR) is 60.0 cm³/mol. The third-order valence-corrected chi connectivity index (χ3v) is 4.46. The minimum Gasteiger partial charge on any atom is -0.389 e. The summed E-state index contributed by atoms with van der Waals surface area (Å²) in [5, 5.41) is 10.8. The summed E-state index contributed by atoms with van der Waals surface area (Å²) in [4.78, 5) is 11.3. The summed E-state index contributed by atoms with van der Waals surface area (Å²) in [7, 11) is 0. The molecular weight excluding hydrogens is 206 g/mol. The van der Waals surface area contributed by atoms with E-state index in [1.807, 2.05) is 0 Å². The molecular formula is C12H21NO3. The Bertz CT molecular complexity index is 261. The SMILES string of the molecule is NCC1(C2(O)CCC(=O)CC2)CCOCC1. The topological polar surface area (TPSA) is 72.5 Å². The quantitative estimate of drug-likeness (QED) is 0.725. The lowest BCUT2D eigenvalue weighted by Gasteiger charge is -2.50. The number of ether oxygens (including phenoxy) is 1. The molecule has 0 spiro atoms. The van der Waals surface area contributed by atoms with Crippen LogP contribution < -0.4 is 5.73 Å². The Kier molecular flexibility index (Phi) is 3.33. The van der Waals surface area contributed by atoms with E-state index in [9.17, 15) is 9.90 Å². The Labute approximate surface area is 96.2 Å². The van der Waals surface area contributed by atoms with Gasteiger partial charge in [-0.1, -0.05) is 0 Å². The van der Waals surface area contributed by atoms with Crippen LogP contribution in [0.3, 0.4) is 0 Å². The predicted octanol–water partition coefficient (Wildman–Crippen LogP) is 0.616. The van der Waals surface area contributed by atoms with Crippen molar-refractivity contribution < 1.29 is 14.6 Å². The van der Waals surface area contributed by atoms with E-state index in [2.05, 4.69) is 0 Å². The average Bonchev–Trinajstić information content (AvgIpc) is 2.34. The number of ketones is 1. The summed E-state index contributed by atoms with van der Waals surface area (Å²) < 4.78 is 5.35. The van der Waals surface area contributed by atoms with E-state index >= 15 is 0 Å². The monoisotopic (exact) mass is 227 g/mol. The molecule has 4 nitrogen and oxygen atoms in total. The van der Waals surface area contributed by atoms with Crippen molar-refractivity contribution in [3.8, 4) is 0 Å². The number of carbonyl (C=O) groups is 1. The van der Waals surface area contributed by atoms with E-state index in [1.54, 1.807) is 0 Å². The number of nitrogens with two attached hydrogens (primary N) is 1. The Balaban J connectivity index is 2.15. The lowest BCUT2D eigenvalue weighted by molar-refractivity contribution is -0.155. The number of aliphatic hydroxyl groups is 1. The van der Waals surface area contributed by atoms with Gasteiger partial charge in [-0.3, -0.25) is 4.79 Å². The molecule has 3 N–H and O–H groups in total. The first-order chi connectivity index (χ1) is 7.62. The molecule has 0 aromatic carbocycles. The van der Waals surface area contributed by atoms with Crippen LogP contribution in [0.5, 0.6) is 0 Å². The smallest absolute Gasteiger partial charge is 0.133 e. The molecule has 0 atom stereocenters. The van der Waals surface area contributed by atoms with Crippen molar-refractivity contribution in [1.82, 2.24) is 0 Å². The standard InChI is InChI=1S/C12H21NO3/c13-9-11(5-7-16-8-6-11)12(15)3-1-10(14)2-4-12/h15H,1-9,13H2. The van der Waals surface area contributed by atoms with Gasteiger partial charge in [0.15, 0.2) is 0 Å². The molecule has 92 valence electrons. The van der Waals surface area contributed by atoms with Crippen LogP contribution in [0.25, 0.3) is 0 Å². The van der Waals surface area contributed by atoms with Crippen molar-refractivity contribution in [2.45, 2.75) is 44.1 Å². The second kappa shape index (κ2) is 4.43. The van der Waals surface area contributed by atoms with Crippen LogP contribution in [0, 0.1) is 5.41 Å². The van der Waals surface area contributed by atoms with Gasteiger partial charge in [0.1, 0.15) is 5.78 Å². The Hall–Kier alpha value is -0.450. The van der Waals surface area contributed by atoms with E-state index in [1.165, 1.54) is 0 Å². The molecule has 0 bridgehead atoms. The van der Waals surface area contributed by atoms with E-state index in [4.69, 9.17) is 10.5 Å². The number of hydrogen-bond acceptors (Lipinski definition) is 4. The van der Waals surface area contributed by atoms with E-state index in [0.717, 1.165) is 12.8 Å². The molecule has 4 heteroatoms. The van der Waals surface area contributed by atoms with Gasteiger partial charge < -0.3 is 15.6 Å². The van der Waals surface area contributed by atoms with Crippen LogP contribution in [0.4, 0.5) is 0 Å². The first-order valence-electron chi connectivity index (χ1n) is 6.14. The highest BCUT2D eigenvalue weighted by Crippen LogP contribution is 2.47. The molecule has 1 heterocycles. The molecule has 1 saturated heterocycles. The fraction of sp³-hybridized carbons (Fsp3) is 0.917. The molecule has 1 aliphatic carbocycles. The Morgan fingerprint density at radius 2 is 1.75 bits per heavy atom. The molecule has 2 rings (SSSR count). The lowest BCUT2D eigenvalue weighted by atomic mass is 9.61. The Morgan fingerprint density at radius 1 is 1.19 bits per heavy atom. The van der Waals surface area contributed by atoms with Crippen molar-refractivity contribution in [1.29, 1.82) is 0 Å². The maximum atomic E-state index is 11.3. The van der Waals surface area contributed by atoms with Crippen molar-refractivity contribution in [3.05, 3.63) is 0 Å². The summed E-state index contributed by atoms with van der Waals surface area (Å²) in [6.07, 6.45) is 3.77. The summed E-state index contributed by atoms with van der Waals surface area (Å²) in [6, 6.07) is 0. The van der Waals surface area contributed by atoms with Gasteiger partial charge in [0, 0.05) is 38.0 Å². The molecule has 2 fully saturated rings. The van der Waals surface area contributed by atoms with Gasteiger partial charge in [-0.2, -0.15) is 0 Å². The number of Topliss-reactive ketones (excluding diaryl/α,β-unsaturated/α-hetero) is 1. The zero-order valence-corrected chi connectivity index (χ0v) is 9.71. The van der Waals surface area contributed by atoms with Gasteiger partial charge in [-0.25, -0.2) is 0 Å². The average molecular weight is 227 g/mol. The molecule has 0 radical (unpaired) electrons. The van der Waals surface area contributed by atoms with Crippen LogP contribution in [0.2, 0.25) is 0 Å². The van der Waals surface area contributed by atoms with Gasteiger partial charge in [-0.05, 0) is 25.7 Å². The molecule has 0 aromatic heterocycles. The van der Waals surface area contributed by atoms with Crippen molar-refractivity contribution >= 4 is 5.78 Å². The summed E-state index contributed by atoms with van der Waals surface area (Å²) >= 11 is 0. The maximum Gasteiger partial charge on any atom is 0.133 e. The summed E-state index contributed by atoms with van der Waals surface area (Å²) in [5.74, 6) is 0.268. The van der Waals surface area contributed by atoms with Crippen LogP contribution >= 0.6 is 0 Å².